The Bertz CT molecular complexity index is 656. The van der Waals surface area contributed by atoms with Crippen LogP contribution in [0.5, 0.6) is 0 Å². The van der Waals surface area contributed by atoms with E-state index in [9.17, 15) is 4.39 Å². The molecule has 0 aliphatic heterocycles. The van der Waals surface area contributed by atoms with Gasteiger partial charge in [-0.3, -0.25) is 0 Å². The molecule has 0 saturated heterocycles. The molecule has 0 heterocycles. The minimum absolute atomic E-state index is 0.0870. The van der Waals surface area contributed by atoms with Crippen LogP contribution in [0.25, 0.3) is 0 Å². The number of hydrogen-bond acceptors (Lipinski definition) is 3. The number of amidine groups is 1. The van der Waals surface area contributed by atoms with Gasteiger partial charge >= 0.3 is 0 Å². The minimum Gasteiger partial charge on any atom is -0.409 e. The van der Waals surface area contributed by atoms with Gasteiger partial charge in [-0.05, 0) is 30.2 Å². The Hall–Kier alpha value is -2.40. The van der Waals surface area contributed by atoms with Crippen molar-refractivity contribution in [2.45, 2.75) is 20.0 Å². The summed E-state index contributed by atoms with van der Waals surface area (Å²) in [6, 6.07) is 12.3. The number of hydrogen-bond donors (Lipinski definition) is 3. The average Bonchev–Trinajstić information content (AvgIpc) is 2.50. The number of rotatable bonds is 5. The number of nitrogens with two attached hydrogens (primary N) is 1. The first-order chi connectivity index (χ1) is 10.1. The molecule has 0 saturated carbocycles. The molecule has 0 aromatic heterocycles. The van der Waals surface area contributed by atoms with Gasteiger partial charge in [0.25, 0.3) is 0 Å². The Morgan fingerprint density at radius 2 is 1.90 bits per heavy atom. The first kappa shape index (κ1) is 15.0. The normalized spacial score (nSPS) is 11.6. The van der Waals surface area contributed by atoms with Crippen molar-refractivity contribution in [1.82, 2.24) is 5.32 Å². The van der Waals surface area contributed by atoms with Crippen molar-refractivity contribution < 1.29 is 9.60 Å². The molecule has 0 amide bonds. The predicted octanol–water partition coefficient (Wildman–Crippen LogP) is 2.52. The van der Waals surface area contributed by atoms with Crippen molar-refractivity contribution in [3.05, 3.63) is 70.5 Å². The molecule has 21 heavy (non-hydrogen) atoms. The van der Waals surface area contributed by atoms with E-state index in [-0.39, 0.29) is 11.7 Å². The van der Waals surface area contributed by atoms with Gasteiger partial charge < -0.3 is 16.3 Å². The summed E-state index contributed by atoms with van der Waals surface area (Å²) in [5.74, 6) is -0.118. The van der Waals surface area contributed by atoms with Crippen molar-refractivity contribution in [3.63, 3.8) is 0 Å². The smallest absolute Gasteiger partial charge is 0.170 e. The van der Waals surface area contributed by atoms with Crippen molar-refractivity contribution in [2.24, 2.45) is 10.9 Å². The summed E-state index contributed by atoms with van der Waals surface area (Å²) in [7, 11) is 0. The third-order valence-corrected chi connectivity index (χ3v) is 3.33. The molecule has 110 valence electrons. The van der Waals surface area contributed by atoms with Crippen LogP contribution in [0.3, 0.4) is 0 Å². The van der Waals surface area contributed by atoms with Gasteiger partial charge in [-0.2, -0.15) is 0 Å². The average molecular weight is 287 g/mol. The van der Waals surface area contributed by atoms with E-state index in [4.69, 9.17) is 10.9 Å². The van der Waals surface area contributed by atoms with Crippen LogP contribution in [0.1, 0.15) is 22.3 Å². The Morgan fingerprint density at radius 3 is 2.57 bits per heavy atom. The van der Waals surface area contributed by atoms with Crippen LogP contribution in [0, 0.1) is 12.7 Å². The van der Waals surface area contributed by atoms with Gasteiger partial charge in [-0.1, -0.05) is 35.5 Å². The lowest BCUT2D eigenvalue weighted by molar-refractivity contribution is 0.318. The van der Waals surface area contributed by atoms with Gasteiger partial charge in [0.2, 0.25) is 0 Å². The fourth-order valence-corrected chi connectivity index (χ4v) is 2.08. The molecular weight excluding hydrogens is 269 g/mol. The molecule has 2 aromatic carbocycles. The SMILES string of the molecule is Cc1cc(/C(N)=N/O)ccc1CNCc1ccccc1F. The molecule has 0 unspecified atom stereocenters. The molecule has 0 aliphatic rings. The van der Waals surface area contributed by atoms with Gasteiger partial charge in [0.1, 0.15) is 5.82 Å². The molecule has 0 spiro atoms. The van der Waals surface area contributed by atoms with E-state index in [0.29, 0.717) is 24.2 Å². The summed E-state index contributed by atoms with van der Waals surface area (Å²) in [5, 5.41) is 14.8. The standard InChI is InChI=1S/C16H18FN3O/c1-11-8-12(16(18)20-21)6-7-13(11)9-19-10-14-4-2-3-5-15(14)17/h2-8,19,21H,9-10H2,1H3,(H2,18,20). The van der Waals surface area contributed by atoms with Crippen molar-refractivity contribution >= 4 is 5.84 Å². The highest BCUT2D eigenvalue weighted by Crippen LogP contribution is 2.12. The Kier molecular flexibility index (Phi) is 4.90. The monoisotopic (exact) mass is 287 g/mol. The van der Waals surface area contributed by atoms with E-state index in [2.05, 4.69) is 10.5 Å². The molecule has 4 nitrogen and oxygen atoms in total. The molecule has 5 heteroatoms. The van der Waals surface area contributed by atoms with Crippen molar-refractivity contribution in [1.29, 1.82) is 0 Å². The van der Waals surface area contributed by atoms with E-state index in [1.165, 1.54) is 6.07 Å². The number of benzene rings is 2. The molecule has 2 aromatic rings. The Morgan fingerprint density at radius 1 is 1.19 bits per heavy atom. The maximum Gasteiger partial charge on any atom is 0.170 e. The molecule has 0 fully saturated rings. The van der Waals surface area contributed by atoms with Crippen LogP contribution >= 0.6 is 0 Å². The third kappa shape index (κ3) is 3.79. The summed E-state index contributed by atoms with van der Waals surface area (Å²) < 4.78 is 13.5. The number of halogens is 1. The lowest BCUT2D eigenvalue weighted by Gasteiger charge is -2.10. The first-order valence-electron chi connectivity index (χ1n) is 6.63. The molecular formula is C16H18FN3O. The van der Waals surface area contributed by atoms with Crippen LogP contribution < -0.4 is 11.1 Å². The second kappa shape index (κ2) is 6.85. The van der Waals surface area contributed by atoms with Crippen LogP contribution in [0.2, 0.25) is 0 Å². The van der Waals surface area contributed by atoms with Crippen LogP contribution in [0.4, 0.5) is 4.39 Å². The van der Waals surface area contributed by atoms with E-state index in [1.807, 2.05) is 25.1 Å². The van der Waals surface area contributed by atoms with E-state index >= 15 is 0 Å². The highest BCUT2D eigenvalue weighted by Gasteiger charge is 2.04. The number of aryl methyl sites for hydroxylation is 1. The third-order valence-electron chi connectivity index (χ3n) is 3.33. The van der Waals surface area contributed by atoms with Crippen LogP contribution in [0.15, 0.2) is 47.6 Å². The number of nitrogens with one attached hydrogen (secondary N) is 1. The second-order valence-electron chi connectivity index (χ2n) is 4.82. The second-order valence-corrected chi connectivity index (χ2v) is 4.82. The first-order valence-corrected chi connectivity index (χ1v) is 6.63. The van der Waals surface area contributed by atoms with Gasteiger partial charge in [0, 0.05) is 24.2 Å². The Labute approximate surface area is 123 Å². The van der Waals surface area contributed by atoms with Gasteiger partial charge in [0.15, 0.2) is 5.84 Å². The van der Waals surface area contributed by atoms with Crippen LogP contribution in [-0.2, 0) is 13.1 Å². The topological polar surface area (TPSA) is 70.6 Å². The zero-order valence-electron chi connectivity index (χ0n) is 11.8. The predicted molar refractivity (Wildman–Crippen MR) is 80.6 cm³/mol. The van der Waals surface area contributed by atoms with Crippen LogP contribution in [-0.4, -0.2) is 11.0 Å². The van der Waals surface area contributed by atoms with Gasteiger partial charge in [0.05, 0.1) is 0 Å². The summed E-state index contributed by atoms with van der Waals surface area (Å²) in [6.45, 7) is 3.04. The fourth-order valence-electron chi connectivity index (χ4n) is 2.08. The molecule has 0 atom stereocenters. The minimum atomic E-state index is -0.205. The van der Waals surface area contributed by atoms with Crippen molar-refractivity contribution in [2.75, 3.05) is 0 Å². The number of oxime groups is 1. The lowest BCUT2D eigenvalue weighted by atomic mass is 10.0. The summed E-state index contributed by atoms with van der Waals surface area (Å²) in [6.07, 6.45) is 0. The maximum atomic E-state index is 13.5. The zero-order valence-corrected chi connectivity index (χ0v) is 11.8. The zero-order chi connectivity index (χ0) is 15.2. The highest BCUT2D eigenvalue weighted by atomic mass is 19.1. The highest BCUT2D eigenvalue weighted by molar-refractivity contribution is 5.97. The fraction of sp³-hybridized carbons (Fsp3) is 0.188. The summed E-state index contributed by atoms with van der Waals surface area (Å²) >= 11 is 0. The molecule has 0 radical (unpaired) electrons. The lowest BCUT2D eigenvalue weighted by Crippen LogP contribution is -2.16. The number of nitrogens with zero attached hydrogens (tertiary/aromatic N) is 1. The van der Waals surface area contributed by atoms with Crippen molar-refractivity contribution in [3.8, 4) is 0 Å². The summed E-state index contributed by atoms with van der Waals surface area (Å²) in [5.41, 5.74) is 8.98. The van der Waals surface area contributed by atoms with E-state index < -0.39 is 0 Å². The maximum absolute atomic E-state index is 13.5. The quantitative estimate of drug-likeness (QED) is 0.342. The summed E-state index contributed by atoms with van der Waals surface area (Å²) in [4.78, 5) is 0. The molecule has 4 N–H and O–H groups in total. The molecule has 2 rings (SSSR count). The van der Waals surface area contributed by atoms with E-state index in [0.717, 1.165) is 11.1 Å². The largest absolute Gasteiger partial charge is 0.409 e. The molecule has 0 bridgehead atoms. The van der Waals surface area contributed by atoms with Gasteiger partial charge in [-0.15, -0.1) is 0 Å². The van der Waals surface area contributed by atoms with E-state index in [1.54, 1.807) is 18.2 Å². The van der Waals surface area contributed by atoms with Gasteiger partial charge in [-0.25, -0.2) is 4.39 Å². The molecule has 0 aliphatic carbocycles. The Balaban J connectivity index is 1.99.